The van der Waals surface area contributed by atoms with Gasteiger partial charge in [0.2, 0.25) is 6.29 Å². The van der Waals surface area contributed by atoms with Crippen molar-refractivity contribution in [1.82, 2.24) is 0 Å². The van der Waals surface area contributed by atoms with Crippen LogP contribution >= 0.6 is 0 Å². The topological polar surface area (TPSA) is 115 Å². The Kier molecular flexibility index (Phi) is 12.7. The lowest BCUT2D eigenvalue weighted by Gasteiger charge is -2.72. The van der Waals surface area contributed by atoms with Crippen LogP contribution in [-0.4, -0.2) is 60.8 Å². The van der Waals surface area contributed by atoms with E-state index >= 15 is 0 Å². The van der Waals surface area contributed by atoms with Crippen LogP contribution in [0.15, 0.2) is 24.7 Å². The molecule has 1 heterocycles. The zero-order valence-corrected chi connectivity index (χ0v) is 31.2. The molecule has 6 rings (SSSR count). The van der Waals surface area contributed by atoms with E-state index in [9.17, 15) is 15.0 Å². The molecule has 10 atom stereocenters. The Hall–Kier alpha value is -1.77. The van der Waals surface area contributed by atoms with E-state index in [1.807, 2.05) is 6.92 Å². The maximum absolute atomic E-state index is 10.6. The number of hydrogen-bond acceptors (Lipinski definition) is 8. The molecule has 3 N–H and O–H groups in total. The number of carbonyl (C=O) groups is 1. The van der Waals surface area contributed by atoms with Crippen LogP contribution in [0.3, 0.4) is 0 Å². The summed E-state index contributed by atoms with van der Waals surface area (Å²) in [5, 5.41) is 28.6. The fourth-order valence-electron chi connectivity index (χ4n) is 12.4. The lowest BCUT2D eigenvalue weighted by molar-refractivity contribution is -0.236. The predicted molar refractivity (Wildman–Crippen MR) is 188 cm³/mol. The van der Waals surface area contributed by atoms with E-state index in [0.717, 1.165) is 29.9 Å². The van der Waals surface area contributed by atoms with Crippen molar-refractivity contribution in [3.8, 4) is 0 Å². The summed E-state index contributed by atoms with van der Waals surface area (Å²) in [6, 6.07) is 0. The van der Waals surface area contributed by atoms with Crippen molar-refractivity contribution >= 4 is 6.16 Å². The van der Waals surface area contributed by atoms with Crippen molar-refractivity contribution in [3.63, 3.8) is 0 Å². The number of hydrogen-bond donors (Lipinski definition) is 3. The van der Waals surface area contributed by atoms with Gasteiger partial charge in [-0.3, -0.25) is 0 Å². The van der Waals surface area contributed by atoms with Crippen LogP contribution in [0.25, 0.3) is 0 Å². The average molecular weight is 677 g/mol. The highest BCUT2D eigenvalue weighted by molar-refractivity contribution is 5.59. The molecule has 0 amide bonds. The summed E-state index contributed by atoms with van der Waals surface area (Å²) < 4.78 is 19.3. The van der Waals surface area contributed by atoms with Gasteiger partial charge in [0.05, 0.1) is 19.8 Å². The van der Waals surface area contributed by atoms with Crippen molar-refractivity contribution in [2.24, 2.45) is 50.7 Å². The van der Waals surface area contributed by atoms with Gasteiger partial charge < -0.3 is 34.3 Å². The SMILES string of the molecule is C=CC.CC1(C)CCCC2(C)C1CCC1(C)C2CCC2C3CCCC3(CO)CC[C@]21C.COC(=O)OCCOC1CC(O)C/C(=C\O)O1. The van der Waals surface area contributed by atoms with Crippen molar-refractivity contribution in [1.29, 1.82) is 0 Å². The minimum atomic E-state index is -0.783. The smallest absolute Gasteiger partial charge is 0.508 e. The molecular formula is C40H68O8. The molecular weight excluding hydrogens is 608 g/mol. The number of rotatable bonds is 5. The minimum Gasteiger partial charge on any atom is -0.512 e. The Morgan fingerprint density at radius 3 is 2.31 bits per heavy atom. The highest BCUT2D eigenvalue weighted by Crippen LogP contribution is 2.76. The van der Waals surface area contributed by atoms with E-state index in [-0.39, 0.29) is 25.4 Å². The normalized spacial score (nSPS) is 43.2. The summed E-state index contributed by atoms with van der Waals surface area (Å²) in [5.41, 5.74) is 2.40. The molecule has 276 valence electrons. The largest absolute Gasteiger partial charge is 0.512 e. The molecule has 0 radical (unpaired) electrons. The molecule has 0 bridgehead atoms. The molecule has 6 aliphatic rings. The van der Waals surface area contributed by atoms with Crippen LogP contribution in [0, 0.1) is 50.7 Å². The summed E-state index contributed by atoms with van der Waals surface area (Å²) in [6.07, 6.45) is 18.0. The van der Waals surface area contributed by atoms with Gasteiger partial charge in [0.1, 0.15) is 18.6 Å². The molecule has 48 heavy (non-hydrogen) atoms. The molecule has 1 saturated heterocycles. The average Bonchev–Trinajstić information content (AvgIpc) is 3.48. The second kappa shape index (κ2) is 15.6. The summed E-state index contributed by atoms with van der Waals surface area (Å²) in [4.78, 5) is 10.6. The van der Waals surface area contributed by atoms with Crippen LogP contribution in [-0.2, 0) is 18.9 Å². The van der Waals surface area contributed by atoms with Gasteiger partial charge in [-0.25, -0.2) is 4.79 Å². The quantitative estimate of drug-likeness (QED) is 0.114. The lowest BCUT2D eigenvalue weighted by Crippen LogP contribution is -2.65. The van der Waals surface area contributed by atoms with E-state index in [1.165, 1.54) is 84.2 Å². The molecule has 1 aliphatic heterocycles. The lowest BCUT2D eigenvalue weighted by atomic mass is 9.32. The zero-order valence-electron chi connectivity index (χ0n) is 31.2. The standard InChI is InChI=1S/C27H46O.C10H16O7.C3H6/c1-23(2)12-7-13-24(3)21(23)11-15-26(5)22(24)10-9-19-20-8-6-14-27(20,18-28)17-16-25(19,26)4;1-14-10(13)16-3-2-15-9-5-7(12)4-8(6-11)17-9;1-3-2/h19-22,28H,6-18H2,1-5H3;6-7,9,11-12H,2-5H2,1H3;3H,1H2,2H3/b;8-6+;/t19?,20?,21?,22?,24?,25-,26?,27?;;/m1../s1. The van der Waals surface area contributed by atoms with E-state index in [0.29, 0.717) is 40.1 Å². The van der Waals surface area contributed by atoms with E-state index in [2.05, 4.69) is 50.7 Å². The maximum atomic E-state index is 10.6. The number of carbonyl (C=O) groups excluding carboxylic acids is 1. The molecule has 0 spiro atoms. The Morgan fingerprint density at radius 1 is 0.917 bits per heavy atom. The fraction of sp³-hybridized carbons (Fsp3) is 0.875. The second-order valence-corrected chi connectivity index (χ2v) is 17.3. The van der Waals surface area contributed by atoms with Gasteiger partial charge in [-0.05, 0) is 122 Å². The van der Waals surface area contributed by atoms with Crippen LogP contribution < -0.4 is 0 Å². The van der Waals surface area contributed by atoms with E-state index in [1.54, 1.807) is 6.08 Å². The van der Waals surface area contributed by atoms with Crippen LogP contribution in [0.1, 0.15) is 131 Å². The molecule has 0 aromatic carbocycles. The highest BCUT2D eigenvalue weighted by atomic mass is 16.7. The Balaban J connectivity index is 0.000000224. The van der Waals surface area contributed by atoms with Crippen molar-refractivity contribution in [3.05, 3.63) is 24.7 Å². The number of ether oxygens (including phenoxy) is 4. The summed E-state index contributed by atoms with van der Waals surface area (Å²) >= 11 is 0. The predicted octanol–water partition coefficient (Wildman–Crippen LogP) is 9.10. The van der Waals surface area contributed by atoms with Crippen LogP contribution in [0.5, 0.6) is 0 Å². The first-order valence-electron chi connectivity index (χ1n) is 18.9. The third-order valence-corrected chi connectivity index (χ3v) is 14.7. The molecule has 5 aliphatic carbocycles. The molecule has 0 aromatic heterocycles. The monoisotopic (exact) mass is 676 g/mol. The van der Waals surface area contributed by atoms with Gasteiger partial charge >= 0.3 is 6.16 Å². The number of aliphatic hydroxyl groups excluding tert-OH is 3. The van der Waals surface area contributed by atoms with Crippen molar-refractivity contribution in [2.45, 2.75) is 144 Å². The third kappa shape index (κ3) is 7.32. The zero-order chi connectivity index (χ0) is 35.4. The number of fused-ring (bicyclic) bond motifs is 7. The Bertz CT molecular complexity index is 1120. The van der Waals surface area contributed by atoms with Crippen LogP contribution in [0.2, 0.25) is 0 Å². The number of methoxy groups -OCH3 is 1. The van der Waals surface area contributed by atoms with Gasteiger partial charge in [-0.2, -0.15) is 0 Å². The van der Waals surface area contributed by atoms with E-state index in [4.69, 9.17) is 14.6 Å². The molecule has 9 unspecified atom stereocenters. The maximum Gasteiger partial charge on any atom is 0.508 e. The summed E-state index contributed by atoms with van der Waals surface area (Å²) in [6.45, 7) is 19.2. The second-order valence-electron chi connectivity index (χ2n) is 17.3. The number of allylic oxidation sites excluding steroid dienone is 1. The minimum absolute atomic E-state index is 0.0286. The van der Waals surface area contributed by atoms with Crippen LogP contribution in [0.4, 0.5) is 4.79 Å². The summed E-state index contributed by atoms with van der Waals surface area (Å²) in [7, 11) is 1.21. The molecule has 6 fully saturated rings. The van der Waals surface area contributed by atoms with Crippen molar-refractivity contribution < 1.29 is 39.1 Å². The molecule has 0 aromatic rings. The Morgan fingerprint density at radius 2 is 1.65 bits per heavy atom. The van der Waals surface area contributed by atoms with E-state index < -0.39 is 18.5 Å². The van der Waals surface area contributed by atoms with Gasteiger partial charge in [0.25, 0.3) is 0 Å². The van der Waals surface area contributed by atoms with Gasteiger partial charge in [0, 0.05) is 19.4 Å². The fourth-order valence-corrected chi connectivity index (χ4v) is 12.4. The first kappa shape index (κ1) is 39.0. The van der Waals surface area contributed by atoms with Gasteiger partial charge in [-0.1, -0.05) is 53.5 Å². The molecule has 8 heteroatoms. The number of aliphatic hydroxyl groups is 3. The van der Waals surface area contributed by atoms with Crippen molar-refractivity contribution in [2.75, 3.05) is 26.9 Å². The highest BCUT2D eigenvalue weighted by Gasteiger charge is 2.69. The first-order chi connectivity index (χ1) is 22.7. The van der Waals surface area contributed by atoms with Gasteiger partial charge in [0.15, 0.2) is 0 Å². The summed E-state index contributed by atoms with van der Waals surface area (Å²) in [5.74, 6) is 3.79. The Labute approximate surface area is 291 Å². The molecule has 8 nitrogen and oxygen atoms in total. The first-order valence-corrected chi connectivity index (χ1v) is 18.9. The third-order valence-electron chi connectivity index (χ3n) is 14.7. The van der Waals surface area contributed by atoms with Gasteiger partial charge in [-0.15, -0.1) is 6.58 Å². The molecule has 5 saturated carbocycles.